The van der Waals surface area contributed by atoms with Crippen LogP contribution in [0.3, 0.4) is 0 Å². The number of pyridine rings is 1. The van der Waals surface area contributed by atoms with Crippen LogP contribution in [0.25, 0.3) is 0 Å². The molecule has 2 aromatic carbocycles. The summed E-state index contributed by atoms with van der Waals surface area (Å²) in [7, 11) is 1.57. The second kappa shape index (κ2) is 8.08. The first-order valence-electron chi connectivity index (χ1n) is 7.69. The lowest BCUT2D eigenvalue weighted by molar-refractivity contribution is 0.102. The van der Waals surface area contributed by atoms with Gasteiger partial charge in [-0.1, -0.05) is 35.3 Å². The van der Waals surface area contributed by atoms with Gasteiger partial charge in [-0.25, -0.2) is 4.98 Å². The lowest BCUT2D eigenvalue weighted by Gasteiger charge is -2.11. The molecule has 0 aliphatic heterocycles. The number of hydrogen-bond acceptors (Lipinski definition) is 4. The monoisotopic (exact) mass is 387 g/mol. The Morgan fingerprint density at radius 2 is 1.73 bits per heavy atom. The van der Waals surface area contributed by atoms with Crippen molar-refractivity contribution in [2.24, 2.45) is 0 Å². The Balaban J connectivity index is 1.71. The fourth-order valence-electron chi connectivity index (χ4n) is 2.26. The van der Waals surface area contributed by atoms with Gasteiger partial charge >= 0.3 is 0 Å². The summed E-state index contributed by atoms with van der Waals surface area (Å²) in [6.45, 7) is 0. The van der Waals surface area contributed by atoms with Gasteiger partial charge in [0.15, 0.2) is 0 Å². The molecule has 0 bridgehead atoms. The topological polar surface area (TPSA) is 63.2 Å². The van der Waals surface area contributed by atoms with Crippen molar-refractivity contribution >= 4 is 46.2 Å². The smallest absolute Gasteiger partial charge is 0.274 e. The number of halogens is 2. The molecule has 132 valence electrons. The number of ether oxygens (including phenoxy) is 1. The quantitative estimate of drug-likeness (QED) is 0.615. The zero-order chi connectivity index (χ0) is 18.5. The van der Waals surface area contributed by atoms with Crippen molar-refractivity contribution in [3.63, 3.8) is 0 Å². The number of nitrogens with one attached hydrogen (secondary N) is 2. The van der Waals surface area contributed by atoms with E-state index in [2.05, 4.69) is 15.6 Å². The van der Waals surface area contributed by atoms with E-state index in [-0.39, 0.29) is 11.6 Å². The number of carbonyl (C=O) groups excluding carboxylic acids is 1. The Morgan fingerprint density at radius 3 is 2.38 bits per heavy atom. The summed E-state index contributed by atoms with van der Waals surface area (Å²) in [5.41, 5.74) is 2.16. The number of rotatable bonds is 5. The van der Waals surface area contributed by atoms with Crippen molar-refractivity contribution in [1.82, 2.24) is 4.98 Å². The first-order valence-corrected chi connectivity index (χ1v) is 8.45. The molecule has 7 heteroatoms. The maximum Gasteiger partial charge on any atom is 0.274 e. The van der Waals surface area contributed by atoms with Gasteiger partial charge in [0.25, 0.3) is 5.91 Å². The van der Waals surface area contributed by atoms with Crippen LogP contribution < -0.4 is 15.4 Å². The van der Waals surface area contributed by atoms with Gasteiger partial charge in [-0.05, 0) is 36.4 Å². The zero-order valence-electron chi connectivity index (χ0n) is 13.8. The van der Waals surface area contributed by atoms with Crippen LogP contribution in [0.4, 0.5) is 17.1 Å². The van der Waals surface area contributed by atoms with Gasteiger partial charge in [0.2, 0.25) is 0 Å². The molecule has 3 aromatic rings. The molecule has 0 aliphatic rings. The predicted molar refractivity (Wildman–Crippen MR) is 105 cm³/mol. The van der Waals surface area contributed by atoms with Crippen LogP contribution >= 0.6 is 23.2 Å². The van der Waals surface area contributed by atoms with Crippen LogP contribution in [0.1, 0.15) is 10.5 Å². The molecule has 26 heavy (non-hydrogen) atoms. The Labute approximate surface area is 160 Å². The molecule has 1 heterocycles. The van der Waals surface area contributed by atoms with E-state index in [0.29, 0.717) is 32.9 Å². The second-order valence-electron chi connectivity index (χ2n) is 5.34. The van der Waals surface area contributed by atoms with E-state index in [1.165, 1.54) is 0 Å². The summed E-state index contributed by atoms with van der Waals surface area (Å²) in [5, 5.41) is 6.87. The average molecular weight is 388 g/mol. The van der Waals surface area contributed by atoms with E-state index in [9.17, 15) is 4.79 Å². The van der Waals surface area contributed by atoms with Crippen LogP contribution in [0.15, 0.2) is 60.8 Å². The van der Waals surface area contributed by atoms with Gasteiger partial charge in [0, 0.05) is 11.8 Å². The SMILES string of the molecule is COc1cccc(NC(=O)c2ccc(Nc3c(Cl)cccc3Cl)cn2)c1. The van der Waals surface area contributed by atoms with Crippen LogP contribution in [0.5, 0.6) is 5.75 Å². The number of aromatic nitrogens is 1. The molecule has 0 unspecified atom stereocenters. The molecule has 3 rings (SSSR count). The standard InChI is InChI=1S/C19H15Cl2N3O2/c1-26-14-5-2-4-12(10-14)24-19(25)17-9-8-13(11-22-17)23-18-15(20)6-3-7-16(18)21/h2-11,23H,1H3,(H,24,25). The number of nitrogens with zero attached hydrogens (tertiary/aromatic N) is 1. The minimum absolute atomic E-state index is 0.281. The van der Waals surface area contributed by atoms with Gasteiger partial charge in [-0.15, -0.1) is 0 Å². The van der Waals surface area contributed by atoms with E-state index < -0.39 is 0 Å². The van der Waals surface area contributed by atoms with Crippen LogP contribution in [0.2, 0.25) is 10.0 Å². The molecule has 2 N–H and O–H groups in total. The number of carbonyl (C=O) groups is 1. The third-order valence-corrected chi connectivity index (χ3v) is 4.19. The van der Waals surface area contributed by atoms with E-state index in [1.807, 2.05) is 0 Å². The Morgan fingerprint density at radius 1 is 1.00 bits per heavy atom. The van der Waals surface area contributed by atoms with Gasteiger partial charge < -0.3 is 15.4 Å². The minimum Gasteiger partial charge on any atom is -0.497 e. The predicted octanol–water partition coefficient (Wildman–Crippen LogP) is 5.39. The number of benzene rings is 2. The van der Waals surface area contributed by atoms with Gasteiger partial charge in [0.05, 0.1) is 34.7 Å². The molecule has 1 amide bonds. The van der Waals surface area contributed by atoms with E-state index in [0.717, 1.165) is 0 Å². The van der Waals surface area contributed by atoms with Crippen molar-refractivity contribution in [1.29, 1.82) is 0 Å². The fourth-order valence-corrected chi connectivity index (χ4v) is 2.75. The molecule has 0 spiro atoms. The Kier molecular flexibility index (Phi) is 5.61. The molecule has 0 saturated carbocycles. The summed E-state index contributed by atoms with van der Waals surface area (Å²) < 4.78 is 5.14. The highest BCUT2D eigenvalue weighted by molar-refractivity contribution is 6.39. The summed E-state index contributed by atoms with van der Waals surface area (Å²) in [5.74, 6) is 0.340. The highest BCUT2D eigenvalue weighted by atomic mass is 35.5. The summed E-state index contributed by atoms with van der Waals surface area (Å²) in [6.07, 6.45) is 1.54. The molecule has 0 atom stereocenters. The molecule has 0 aliphatic carbocycles. The minimum atomic E-state index is -0.319. The van der Waals surface area contributed by atoms with Crippen molar-refractivity contribution < 1.29 is 9.53 Å². The summed E-state index contributed by atoms with van der Waals surface area (Å²) >= 11 is 12.3. The van der Waals surface area contributed by atoms with Crippen LogP contribution in [-0.4, -0.2) is 18.0 Å². The molecule has 0 saturated heterocycles. The van der Waals surface area contributed by atoms with E-state index in [1.54, 1.807) is 67.9 Å². The lowest BCUT2D eigenvalue weighted by atomic mass is 10.2. The molecular formula is C19H15Cl2N3O2. The molecule has 0 radical (unpaired) electrons. The number of hydrogen-bond donors (Lipinski definition) is 2. The Hall–Kier alpha value is -2.76. The highest BCUT2D eigenvalue weighted by Gasteiger charge is 2.10. The van der Waals surface area contributed by atoms with Crippen molar-refractivity contribution in [2.45, 2.75) is 0 Å². The fraction of sp³-hybridized carbons (Fsp3) is 0.0526. The molecule has 5 nitrogen and oxygen atoms in total. The summed E-state index contributed by atoms with van der Waals surface area (Å²) in [6, 6.07) is 15.7. The second-order valence-corrected chi connectivity index (χ2v) is 6.15. The highest BCUT2D eigenvalue weighted by Crippen LogP contribution is 2.32. The maximum absolute atomic E-state index is 12.3. The third kappa shape index (κ3) is 4.25. The van der Waals surface area contributed by atoms with Crippen molar-refractivity contribution in [3.05, 3.63) is 76.5 Å². The average Bonchev–Trinajstić information content (AvgIpc) is 2.65. The Bertz CT molecular complexity index is 910. The normalized spacial score (nSPS) is 10.3. The zero-order valence-corrected chi connectivity index (χ0v) is 15.3. The first-order chi connectivity index (χ1) is 12.6. The van der Waals surface area contributed by atoms with E-state index in [4.69, 9.17) is 27.9 Å². The number of methoxy groups -OCH3 is 1. The number of amides is 1. The number of para-hydroxylation sites is 1. The lowest BCUT2D eigenvalue weighted by Crippen LogP contribution is -2.13. The maximum atomic E-state index is 12.3. The van der Waals surface area contributed by atoms with Crippen molar-refractivity contribution in [3.8, 4) is 5.75 Å². The molecule has 0 fully saturated rings. The largest absolute Gasteiger partial charge is 0.497 e. The molecule has 1 aromatic heterocycles. The van der Waals surface area contributed by atoms with Gasteiger partial charge in [0.1, 0.15) is 11.4 Å². The van der Waals surface area contributed by atoms with Crippen molar-refractivity contribution in [2.75, 3.05) is 17.7 Å². The first kappa shape index (κ1) is 18.0. The van der Waals surface area contributed by atoms with Gasteiger partial charge in [-0.2, -0.15) is 0 Å². The van der Waals surface area contributed by atoms with Crippen LogP contribution in [-0.2, 0) is 0 Å². The summed E-state index contributed by atoms with van der Waals surface area (Å²) in [4.78, 5) is 16.5. The third-order valence-electron chi connectivity index (χ3n) is 3.56. The van der Waals surface area contributed by atoms with Gasteiger partial charge in [-0.3, -0.25) is 4.79 Å². The van der Waals surface area contributed by atoms with Crippen LogP contribution in [0, 0.1) is 0 Å². The van der Waals surface area contributed by atoms with E-state index >= 15 is 0 Å². The number of anilines is 3. The molecular weight excluding hydrogens is 373 g/mol.